The number of nitriles is 1. The van der Waals surface area contributed by atoms with Gasteiger partial charge >= 0.3 is 6.09 Å². The van der Waals surface area contributed by atoms with E-state index in [4.69, 9.17) is 15.1 Å². The number of nitrogens with zero attached hydrogens (tertiary/aromatic N) is 2. The molecule has 2 amide bonds. The molecule has 1 rings (SSSR count). The molecule has 0 saturated heterocycles. The van der Waals surface area contributed by atoms with Gasteiger partial charge in [0.05, 0.1) is 23.8 Å². The minimum Gasteiger partial charge on any atom is -0.493 e. The lowest BCUT2D eigenvalue weighted by molar-refractivity contribution is 0.0778. The molecule has 20 heavy (non-hydrogen) atoms. The van der Waals surface area contributed by atoms with Crippen LogP contribution in [0, 0.1) is 11.3 Å². The Bertz CT molecular complexity index is 580. The van der Waals surface area contributed by atoms with Gasteiger partial charge in [-0.05, 0) is 24.6 Å². The number of imide groups is 1. The maximum atomic E-state index is 12.1. The first-order valence-corrected chi connectivity index (χ1v) is 6.85. The highest BCUT2D eigenvalue weighted by molar-refractivity contribution is 9.08. The molecule has 0 aliphatic carbocycles. The van der Waals surface area contributed by atoms with Crippen LogP contribution in [0.3, 0.4) is 0 Å². The van der Waals surface area contributed by atoms with Gasteiger partial charge in [-0.25, -0.2) is 9.69 Å². The van der Waals surface area contributed by atoms with E-state index in [1.165, 1.54) is 6.07 Å². The lowest BCUT2D eigenvalue weighted by atomic mass is 10.0. The summed E-state index contributed by atoms with van der Waals surface area (Å²) < 4.78 is 5.36. The third-order valence-corrected chi connectivity index (χ3v) is 3.20. The largest absolute Gasteiger partial charge is 0.493 e. The smallest absolute Gasteiger partial charge is 0.414 e. The highest BCUT2D eigenvalue weighted by Gasteiger charge is 2.23. The summed E-state index contributed by atoms with van der Waals surface area (Å²) in [4.78, 5) is 23.5. The second kappa shape index (κ2) is 6.91. The SMILES string of the molecule is CCOc1cc(CBr)c(C#N)cc1C(=O)N(C)C(=O)O. The van der Waals surface area contributed by atoms with Crippen molar-refractivity contribution >= 4 is 27.9 Å². The molecule has 0 radical (unpaired) electrons. The zero-order valence-corrected chi connectivity index (χ0v) is 12.6. The predicted octanol–water partition coefficient (Wildman–Crippen LogP) is 2.60. The Kier molecular flexibility index (Phi) is 5.53. The van der Waals surface area contributed by atoms with Gasteiger partial charge in [0.15, 0.2) is 0 Å². The van der Waals surface area contributed by atoms with Crippen molar-refractivity contribution in [2.45, 2.75) is 12.3 Å². The normalized spacial score (nSPS) is 9.70. The highest BCUT2D eigenvalue weighted by Crippen LogP contribution is 2.26. The summed E-state index contributed by atoms with van der Waals surface area (Å²) >= 11 is 3.25. The molecule has 0 aromatic heterocycles. The maximum absolute atomic E-state index is 12.1. The van der Waals surface area contributed by atoms with E-state index in [0.29, 0.717) is 28.0 Å². The number of benzene rings is 1. The van der Waals surface area contributed by atoms with Crippen molar-refractivity contribution in [3.8, 4) is 11.8 Å². The van der Waals surface area contributed by atoms with Crippen LogP contribution in [-0.4, -0.2) is 35.7 Å². The molecule has 0 spiro atoms. The van der Waals surface area contributed by atoms with Crippen LogP contribution in [0.1, 0.15) is 28.4 Å². The van der Waals surface area contributed by atoms with Gasteiger partial charge in [0, 0.05) is 12.4 Å². The summed E-state index contributed by atoms with van der Waals surface area (Å²) in [7, 11) is 1.14. The molecule has 0 unspecified atom stereocenters. The molecule has 1 aromatic rings. The van der Waals surface area contributed by atoms with Gasteiger partial charge in [-0.15, -0.1) is 0 Å². The van der Waals surface area contributed by atoms with E-state index < -0.39 is 12.0 Å². The molecular weight excluding hydrogens is 328 g/mol. The van der Waals surface area contributed by atoms with E-state index in [1.54, 1.807) is 13.0 Å². The fourth-order valence-corrected chi connectivity index (χ4v) is 2.01. The number of hydrogen-bond acceptors (Lipinski definition) is 4. The van der Waals surface area contributed by atoms with Gasteiger partial charge < -0.3 is 9.84 Å². The maximum Gasteiger partial charge on any atom is 0.414 e. The van der Waals surface area contributed by atoms with Gasteiger partial charge in [-0.1, -0.05) is 15.9 Å². The average molecular weight is 341 g/mol. The second-order valence-electron chi connectivity index (χ2n) is 3.83. The summed E-state index contributed by atoms with van der Waals surface area (Å²) in [5, 5.41) is 18.4. The van der Waals surface area contributed by atoms with Crippen LogP contribution < -0.4 is 4.74 Å². The molecule has 0 saturated carbocycles. The Morgan fingerprint density at radius 3 is 2.60 bits per heavy atom. The molecule has 0 aliphatic rings. The van der Waals surface area contributed by atoms with E-state index in [-0.39, 0.29) is 11.3 Å². The Balaban J connectivity index is 3.39. The number of carbonyl (C=O) groups excluding carboxylic acids is 1. The van der Waals surface area contributed by atoms with Crippen LogP contribution in [0.25, 0.3) is 0 Å². The van der Waals surface area contributed by atoms with Gasteiger partial charge in [0.1, 0.15) is 5.75 Å². The van der Waals surface area contributed by atoms with Gasteiger partial charge in [-0.3, -0.25) is 4.79 Å². The van der Waals surface area contributed by atoms with Gasteiger partial charge in [0.2, 0.25) is 0 Å². The zero-order valence-electron chi connectivity index (χ0n) is 11.0. The van der Waals surface area contributed by atoms with Crippen molar-refractivity contribution in [3.63, 3.8) is 0 Å². The molecule has 0 atom stereocenters. The molecule has 0 aliphatic heterocycles. The Morgan fingerprint density at radius 1 is 1.50 bits per heavy atom. The van der Waals surface area contributed by atoms with Crippen molar-refractivity contribution in [1.29, 1.82) is 5.26 Å². The molecule has 1 aromatic carbocycles. The second-order valence-corrected chi connectivity index (χ2v) is 4.39. The fraction of sp³-hybridized carbons (Fsp3) is 0.308. The van der Waals surface area contributed by atoms with Crippen molar-refractivity contribution in [2.24, 2.45) is 0 Å². The summed E-state index contributed by atoms with van der Waals surface area (Å²) in [6, 6.07) is 4.90. The lowest BCUT2D eigenvalue weighted by Crippen LogP contribution is -2.32. The van der Waals surface area contributed by atoms with Crippen LogP contribution in [0.15, 0.2) is 12.1 Å². The van der Waals surface area contributed by atoms with Crippen LogP contribution in [-0.2, 0) is 5.33 Å². The predicted molar refractivity (Wildman–Crippen MR) is 75.1 cm³/mol. The van der Waals surface area contributed by atoms with E-state index in [0.717, 1.165) is 7.05 Å². The molecule has 0 fully saturated rings. The van der Waals surface area contributed by atoms with Crippen molar-refractivity contribution in [2.75, 3.05) is 13.7 Å². The third-order valence-electron chi connectivity index (χ3n) is 2.59. The number of carboxylic acid groups (broad SMARTS) is 1. The van der Waals surface area contributed by atoms with Crippen LogP contribution in [0.2, 0.25) is 0 Å². The lowest BCUT2D eigenvalue weighted by Gasteiger charge is -2.16. The van der Waals surface area contributed by atoms with Crippen LogP contribution in [0.5, 0.6) is 5.75 Å². The molecular formula is C13H13BrN2O4. The number of hydrogen-bond donors (Lipinski definition) is 1. The summed E-state index contributed by atoms with van der Waals surface area (Å²) in [5.74, 6) is -0.474. The number of alkyl halides is 1. The van der Waals surface area contributed by atoms with Gasteiger partial charge in [-0.2, -0.15) is 5.26 Å². The summed E-state index contributed by atoms with van der Waals surface area (Å²) in [6.07, 6.45) is -1.37. The summed E-state index contributed by atoms with van der Waals surface area (Å²) in [6.45, 7) is 2.08. The molecule has 7 heteroatoms. The molecule has 106 valence electrons. The molecule has 0 bridgehead atoms. The highest BCUT2D eigenvalue weighted by atomic mass is 79.9. The Morgan fingerprint density at radius 2 is 2.15 bits per heavy atom. The molecule has 1 N–H and O–H groups in total. The first-order chi connectivity index (χ1) is 9.46. The fourth-order valence-electron chi connectivity index (χ4n) is 1.55. The van der Waals surface area contributed by atoms with E-state index >= 15 is 0 Å². The quantitative estimate of drug-likeness (QED) is 0.850. The minimum absolute atomic E-state index is 0.0537. The van der Waals surface area contributed by atoms with E-state index in [2.05, 4.69) is 15.9 Å². The number of ether oxygens (including phenoxy) is 1. The Hall–Kier alpha value is -2.07. The minimum atomic E-state index is -1.37. The molecule has 0 heterocycles. The number of amides is 2. The average Bonchev–Trinajstić information content (AvgIpc) is 2.45. The van der Waals surface area contributed by atoms with Crippen molar-refractivity contribution in [3.05, 3.63) is 28.8 Å². The third kappa shape index (κ3) is 3.27. The standard InChI is InChI=1S/C13H13BrN2O4/c1-3-20-11-5-8(6-14)9(7-15)4-10(11)12(17)16(2)13(18)19/h4-5H,3,6H2,1-2H3,(H,18,19). The first kappa shape index (κ1) is 16.0. The van der Waals surface area contributed by atoms with E-state index in [9.17, 15) is 9.59 Å². The van der Waals surface area contributed by atoms with Crippen molar-refractivity contribution in [1.82, 2.24) is 4.90 Å². The first-order valence-electron chi connectivity index (χ1n) is 5.73. The summed E-state index contributed by atoms with van der Waals surface area (Å²) in [5.41, 5.74) is 1.02. The van der Waals surface area contributed by atoms with E-state index in [1.807, 2.05) is 6.07 Å². The number of rotatable bonds is 4. The van der Waals surface area contributed by atoms with Gasteiger partial charge in [0.25, 0.3) is 5.91 Å². The monoisotopic (exact) mass is 340 g/mol. The Labute approximate surface area is 124 Å². The zero-order chi connectivity index (χ0) is 15.3. The topological polar surface area (TPSA) is 90.6 Å². The number of halogens is 1. The van der Waals surface area contributed by atoms with Crippen molar-refractivity contribution < 1.29 is 19.4 Å². The van der Waals surface area contributed by atoms with Crippen LogP contribution in [0.4, 0.5) is 4.79 Å². The van der Waals surface area contributed by atoms with Crippen LogP contribution >= 0.6 is 15.9 Å². The number of carbonyl (C=O) groups is 2. The molecule has 6 nitrogen and oxygen atoms in total.